The van der Waals surface area contributed by atoms with E-state index in [-0.39, 0.29) is 24.3 Å². The van der Waals surface area contributed by atoms with E-state index in [1.165, 1.54) is 12.8 Å². The maximum absolute atomic E-state index is 12.3. The Bertz CT molecular complexity index is 596. The largest absolute Gasteiger partial charge is 0.356 e. The van der Waals surface area contributed by atoms with Crippen LogP contribution in [0.4, 0.5) is 0 Å². The molecule has 2 N–H and O–H groups in total. The van der Waals surface area contributed by atoms with E-state index in [4.69, 9.17) is 0 Å². The third kappa shape index (κ3) is 4.36. The molecule has 2 aliphatic rings. The van der Waals surface area contributed by atoms with Gasteiger partial charge >= 0.3 is 0 Å². The monoisotopic (exact) mass is 348 g/mol. The highest BCUT2D eigenvalue weighted by atomic mass is 16.2. The first kappa shape index (κ1) is 17.8. The molecular formula is C17H28N6O2. The third-order valence-corrected chi connectivity index (χ3v) is 5.25. The molecule has 138 valence electrons. The van der Waals surface area contributed by atoms with Crippen molar-refractivity contribution in [3.63, 3.8) is 0 Å². The minimum Gasteiger partial charge on any atom is -0.356 e. The van der Waals surface area contributed by atoms with E-state index < -0.39 is 0 Å². The number of hydrogen-bond acceptors (Lipinski definition) is 5. The Kier molecular flexibility index (Phi) is 6.01. The number of hydrogen-bond donors (Lipinski definition) is 2. The molecule has 25 heavy (non-hydrogen) atoms. The first-order valence-corrected chi connectivity index (χ1v) is 9.36. The lowest BCUT2D eigenvalue weighted by molar-refractivity contribution is -0.135. The molecule has 1 aromatic heterocycles. The molecule has 8 heteroatoms. The molecule has 0 bridgehead atoms. The number of carbonyl (C=O) groups excluding carboxylic acids is 2. The molecule has 0 unspecified atom stereocenters. The Balaban J connectivity index is 1.50. The van der Waals surface area contributed by atoms with Gasteiger partial charge in [0.05, 0.1) is 12.5 Å². The number of aryl methyl sites for hydroxylation is 1. The second-order valence-electron chi connectivity index (χ2n) is 6.82. The topological polar surface area (TPSA) is 92.1 Å². The number of nitrogens with one attached hydrogen (secondary N) is 2. The fraction of sp³-hybridized carbons (Fsp3) is 0.765. The fourth-order valence-electron chi connectivity index (χ4n) is 3.91. The number of nitrogens with zero attached hydrogens (tertiary/aromatic N) is 4. The van der Waals surface area contributed by atoms with Gasteiger partial charge in [0.1, 0.15) is 12.2 Å². The van der Waals surface area contributed by atoms with Gasteiger partial charge in [0.2, 0.25) is 11.8 Å². The van der Waals surface area contributed by atoms with Crippen LogP contribution in [-0.4, -0.2) is 63.2 Å². The molecule has 2 heterocycles. The van der Waals surface area contributed by atoms with E-state index in [2.05, 4.69) is 25.7 Å². The molecule has 2 amide bonds. The Morgan fingerprint density at radius 3 is 2.96 bits per heavy atom. The van der Waals surface area contributed by atoms with Gasteiger partial charge < -0.3 is 15.2 Å². The van der Waals surface area contributed by atoms with Gasteiger partial charge in [0.25, 0.3) is 0 Å². The van der Waals surface area contributed by atoms with Gasteiger partial charge in [-0.3, -0.25) is 14.5 Å². The van der Waals surface area contributed by atoms with Gasteiger partial charge in [-0.05, 0) is 19.8 Å². The molecule has 1 aliphatic carbocycles. The van der Waals surface area contributed by atoms with Crippen molar-refractivity contribution >= 4 is 11.8 Å². The molecule has 1 aliphatic heterocycles. The quantitative estimate of drug-likeness (QED) is 0.729. The van der Waals surface area contributed by atoms with Gasteiger partial charge in [-0.1, -0.05) is 12.8 Å². The van der Waals surface area contributed by atoms with Crippen LogP contribution in [0.2, 0.25) is 0 Å². The van der Waals surface area contributed by atoms with Gasteiger partial charge in [0, 0.05) is 38.6 Å². The van der Waals surface area contributed by atoms with Crippen LogP contribution >= 0.6 is 0 Å². The number of rotatable bonds is 7. The predicted octanol–water partition coefficient (Wildman–Crippen LogP) is 0.0898. The molecule has 1 atom stereocenters. The summed E-state index contributed by atoms with van der Waals surface area (Å²) in [7, 11) is 0. The van der Waals surface area contributed by atoms with E-state index in [1.807, 2.05) is 11.5 Å². The van der Waals surface area contributed by atoms with Crippen molar-refractivity contribution in [2.75, 3.05) is 19.6 Å². The van der Waals surface area contributed by atoms with Crippen molar-refractivity contribution in [1.82, 2.24) is 30.3 Å². The van der Waals surface area contributed by atoms with Crippen LogP contribution in [0.3, 0.4) is 0 Å². The van der Waals surface area contributed by atoms with Gasteiger partial charge in [-0.2, -0.15) is 0 Å². The molecule has 2 fully saturated rings. The fourth-order valence-corrected chi connectivity index (χ4v) is 3.91. The molecule has 8 nitrogen and oxygen atoms in total. The van der Waals surface area contributed by atoms with Crippen molar-refractivity contribution in [2.45, 2.75) is 64.1 Å². The molecule has 1 saturated carbocycles. The van der Waals surface area contributed by atoms with Crippen LogP contribution in [-0.2, 0) is 22.6 Å². The summed E-state index contributed by atoms with van der Waals surface area (Å²) in [5.41, 5.74) is 0. The Hall–Kier alpha value is -1.96. The lowest BCUT2D eigenvalue weighted by Crippen LogP contribution is -2.59. The summed E-state index contributed by atoms with van der Waals surface area (Å²) in [5, 5.41) is 13.8. The molecule has 1 saturated heterocycles. The first-order valence-electron chi connectivity index (χ1n) is 9.36. The maximum Gasteiger partial charge on any atom is 0.237 e. The molecule has 1 aromatic rings. The summed E-state index contributed by atoms with van der Waals surface area (Å²) in [6.07, 6.45) is 7.28. The molecule has 0 aromatic carbocycles. The molecule has 3 rings (SSSR count). The Morgan fingerprint density at radius 1 is 1.40 bits per heavy atom. The summed E-state index contributed by atoms with van der Waals surface area (Å²) in [6, 6.07) is 0.114. The predicted molar refractivity (Wildman–Crippen MR) is 92.8 cm³/mol. The number of amides is 2. The SMILES string of the molecule is CCn1cnnc1CCNC(=O)C[C@@H]1C(=O)NCCN1C1CCCC1. The van der Waals surface area contributed by atoms with Crippen LogP contribution in [0.25, 0.3) is 0 Å². The second-order valence-corrected chi connectivity index (χ2v) is 6.82. The van der Waals surface area contributed by atoms with Crippen LogP contribution in [0.5, 0.6) is 0 Å². The second kappa shape index (κ2) is 8.42. The highest BCUT2D eigenvalue weighted by Gasteiger charge is 2.36. The van der Waals surface area contributed by atoms with Crippen molar-refractivity contribution in [3.8, 4) is 0 Å². The zero-order valence-corrected chi connectivity index (χ0v) is 14.9. The van der Waals surface area contributed by atoms with Gasteiger partial charge in [-0.25, -0.2) is 0 Å². The van der Waals surface area contributed by atoms with Crippen molar-refractivity contribution in [3.05, 3.63) is 12.2 Å². The highest BCUT2D eigenvalue weighted by Crippen LogP contribution is 2.26. The number of piperazine rings is 1. The van der Waals surface area contributed by atoms with Crippen molar-refractivity contribution < 1.29 is 9.59 Å². The van der Waals surface area contributed by atoms with E-state index in [0.717, 1.165) is 31.8 Å². The molecule has 0 radical (unpaired) electrons. The highest BCUT2D eigenvalue weighted by molar-refractivity contribution is 5.88. The zero-order chi connectivity index (χ0) is 17.6. The lowest BCUT2D eigenvalue weighted by Gasteiger charge is -2.38. The summed E-state index contributed by atoms with van der Waals surface area (Å²) < 4.78 is 1.96. The van der Waals surface area contributed by atoms with E-state index in [9.17, 15) is 9.59 Å². The third-order valence-electron chi connectivity index (χ3n) is 5.25. The van der Waals surface area contributed by atoms with Gasteiger partial charge in [-0.15, -0.1) is 10.2 Å². The molecular weight excluding hydrogens is 320 g/mol. The Labute approximate surface area is 148 Å². The standard InChI is InChI=1S/C17H28N6O2/c1-2-22-12-20-21-15(22)7-8-18-16(24)11-14-17(25)19-9-10-23(14)13-5-3-4-6-13/h12-14H,2-11H2,1H3,(H,18,24)(H,19,25)/t14-/m1/s1. The summed E-state index contributed by atoms with van der Waals surface area (Å²) >= 11 is 0. The van der Waals surface area contributed by atoms with Crippen LogP contribution < -0.4 is 10.6 Å². The average molecular weight is 348 g/mol. The van der Waals surface area contributed by atoms with Crippen LogP contribution in [0, 0.1) is 0 Å². The first-order chi connectivity index (χ1) is 12.2. The van der Waals surface area contributed by atoms with E-state index in [1.54, 1.807) is 6.33 Å². The average Bonchev–Trinajstić information content (AvgIpc) is 3.28. The number of carbonyl (C=O) groups is 2. The van der Waals surface area contributed by atoms with Crippen molar-refractivity contribution in [1.29, 1.82) is 0 Å². The molecule has 0 spiro atoms. The summed E-state index contributed by atoms with van der Waals surface area (Å²) in [4.78, 5) is 26.9. The minimum absolute atomic E-state index is 0.0148. The van der Waals surface area contributed by atoms with Crippen molar-refractivity contribution in [2.24, 2.45) is 0 Å². The van der Waals surface area contributed by atoms with Crippen LogP contribution in [0.1, 0.15) is 44.9 Å². The van der Waals surface area contributed by atoms with Crippen LogP contribution in [0.15, 0.2) is 6.33 Å². The van der Waals surface area contributed by atoms with E-state index in [0.29, 0.717) is 25.6 Å². The van der Waals surface area contributed by atoms with Gasteiger partial charge in [0.15, 0.2) is 0 Å². The minimum atomic E-state index is -0.337. The zero-order valence-electron chi connectivity index (χ0n) is 14.9. The number of aromatic nitrogens is 3. The van der Waals surface area contributed by atoms with E-state index >= 15 is 0 Å². The summed E-state index contributed by atoms with van der Waals surface area (Å²) in [6.45, 7) is 4.88. The normalized spacial score (nSPS) is 22.1. The summed E-state index contributed by atoms with van der Waals surface area (Å²) in [5.74, 6) is 0.775. The maximum atomic E-state index is 12.3. The lowest BCUT2D eigenvalue weighted by atomic mass is 10.0. The smallest absolute Gasteiger partial charge is 0.237 e. The Morgan fingerprint density at radius 2 is 2.20 bits per heavy atom.